The van der Waals surface area contributed by atoms with E-state index in [1.165, 1.54) is 32.1 Å². The van der Waals surface area contributed by atoms with Crippen molar-refractivity contribution in [3.63, 3.8) is 0 Å². The molecule has 5 aliphatic rings. The zero-order chi connectivity index (χ0) is 19.1. The number of ether oxygens (including phenoxy) is 1. The van der Waals surface area contributed by atoms with Crippen LogP contribution in [0, 0.1) is 11.8 Å². The molecule has 6 unspecified atom stereocenters. The number of fused-ring (bicyclic) bond motifs is 1. The SMILES string of the molecule is CC1CCCC(C2CCN(C3CC(N4CC[C@H]5OCC[C@H]54)NC(CO)N3)N2)C1. The number of rotatable bonds is 4. The van der Waals surface area contributed by atoms with Crippen molar-refractivity contribution in [2.45, 2.75) is 95.0 Å². The van der Waals surface area contributed by atoms with Crippen molar-refractivity contribution in [1.82, 2.24) is 26.0 Å². The third-order valence-corrected chi connectivity index (χ3v) is 8.02. The highest BCUT2D eigenvalue weighted by Gasteiger charge is 2.45. The second kappa shape index (κ2) is 8.46. The van der Waals surface area contributed by atoms with Crippen molar-refractivity contribution in [1.29, 1.82) is 0 Å². The molecule has 5 fully saturated rings. The fourth-order valence-electron chi connectivity index (χ4n) is 6.59. The molecular weight excluding hydrogens is 354 g/mol. The Kier molecular flexibility index (Phi) is 5.94. The summed E-state index contributed by atoms with van der Waals surface area (Å²) in [6.45, 7) is 5.66. The van der Waals surface area contributed by atoms with Gasteiger partial charge in [-0.15, -0.1) is 0 Å². The van der Waals surface area contributed by atoms with Gasteiger partial charge in [-0.3, -0.25) is 21.0 Å². The lowest BCUT2D eigenvalue weighted by Crippen LogP contribution is -2.69. The van der Waals surface area contributed by atoms with Gasteiger partial charge in [0.1, 0.15) is 0 Å². The predicted octanol–water partition coefficient (Wildman–Crippen LogP) is 0.808. The average molecular weight is 394 g/mol. The third-order valence-electron chi connectivity index (χ3n) is 8.02. The summed E-state index contributed by atoms with van der Waals surface area (Å²) in [4.78, 5) is 2.62. The van der Waals surface area contributed by atoms with Crippen LogP contribution in [0.15, 0.2) is 0 Å². The summed E-state index contributed by atoms with van der Waals surface area (Å²) < 4.78 is 5.91. The van der Waals surface area contributed by atoms with Crippen LogP contribution in [0.1, 0.15) is 58.3 Å². The maximum atomic E-state index is 9.88. The molecule has 5 rings (SSSR count). The summed E-state index contributed by atoms with van der Waals surface area (Å²) in [5, 5.41) is 19.6. The number of likely N-dealkylation sites (tertiary alicyclic amines) is 1. The zero-order valence-electron chi connectivity index (χ0n) is 17.4. The fraction of sp³-hybridized carbons (Fsp3) is 1.00. The number of aliphatic hydroxyl groups is 1. The Labute approximate surface area is 169 Å². The Bertz CT molecular complexity index is 537. The molecule has 4 heterocycles. The van der Waals surface area contributed by atoms with Gasteiger partial charge in [0.15, 0.2) is 0 Å². The molecule has 0 radical (unpaired) electrons. The van der Waals surface area contributed by atoms with Gasteiger partial charge < -0.3 is 9.84 Å². The van der Waals surface area contributed by atoms with Crippen LogP contribution in [0.4, 0.5) is 0 Å². The van der Waals surface area contributed by atoms with Gasteiger partial charge in [0.05, 0.1) is 31.2 Å². The van der Waals surface area contributed by atoms with Gasteiger partial charge in [-0.25, -0.2) is 5.01 Å². The van der Waals surface area contributed by atoms with Gasteiger partial charge in [-0.05, 0) is 43.9 Å². The minimum absolute atomic E-state index is 0.0410. The van der Waals surface area contributed by atoms with Crippen LogP contribution in [0.5, 0.6) is 0 Å². The van der Waals surface area contributed by atoms with E-state index in [1.54, 1.807) is 0 Å². The molecule has 7 heteroatoms. The van der Waals surface area contributed by atoms with E-state index >= 15 is 0 Å². The van der Waals surface area contributed by atoms with Gasteiger partial charge in [0.2, 0.25) is 0 Å². The molecule has 0 aromatic carbocycles. The van der Waals surface area contributed by atoms with Crippen molar-refractivity contribution in [3.05, 3.63) is 0 Å². The van der Waals surface area contributed by atoms with Crippen molar-refractivity contribution in [2.24, 2.45) is 11.8 Å². The summed E-state index contributed by atoms with van der Waals surface area (Å²) in [6, 6.07) is 1.18. The number of hydrogen-bond donors (Lipinski definition) is 4. The zero-order valence-corrected chi connectivity index (χ0v) is 17.4. The smallest absolute Gasteiger partial charge is 0.0834 e. The summed E-state index contributed by atoms with van der Waals surface area (Å²) in [6.07, 6.45) is 11.1. The molecule has 0 aromatic heterocycles. The lowest BCUT2D eigenvalue weighted by Gasteiger charge is -2.45. The second-order valence-electron chi connectivity index (χ2n) is 9.88. The molecule has 0 spiro atoms. The highest BCUT2D eigenvalue weighted by Crippen LogP contribution is 2.35. The number of nitrogens with zero attached hydrogens (tertiary/aromatic N) is 2. The molecule has 1 aliphatic carbocycles. The molecule has 4 saturated heterocycles. The first-order valence-electron chi connectivity index (χ1n) is 11.7. The Morgan fingerprint density at radius 1 is 1.00 bits per heavy atom. The molecule has 8 atom stereocenters. The Morgan fingerprint density at radius 3 is 2.75 bits per heavy atom. The fourth-order valence-corrected chi connectivity index (χ4v) is 6.59. The topological polar surface area (TPSA) is 72.0 Å². The molecule has 4 N–H and O–H groups in total. The van der Waals surface area contributed by atoms with E-state index in [2.05, 4.69) is 32.9 Å². The highest BCUT2D eigenvalue weighted by atomic mass is 16.5. The van der Waals surface area contributed by atoms with Crippen LogP contribution in [-0.2, 0) is 4.74 Å². The Balaban J connectivity index is 1.22. The molecule has 160 valence electrons. The minimum Gasteiger partial charge on any atom is -0.393 e. The summed E-state index contributed by atoms with van der Waals surface area (Å²) in [7, 11) is 0. The largest absolute Gasteiger partial charge is 0.393 e. The van der Waals surface area contributed by atoms with E-state index in [1.807, 2.05) is 0 Å². The Morgan fingerprint density at radius 2 is 1.89 bits per heavy atom. The van der Waals surface area contributed by atoms with Gasteiger partial charge in [0.25, 0.3) is 0 Å². The van der Waals surface area contributed by atoms with E-state index in [-0.39, 0.29) is 18.9 Å². The van der Waals surface area contributed by atoms with Crippen LogP contribution in [0.3, 0.4) is 0 Å². The normalized spacial score (nSPS) is 48.2. The molecule has 1 saturated carbocycles. The Hall–Kier alpha value is -0.280. The maximum Gasteiger partial charge on any atom is 0.0834 e. The quantitative estimate of drug-likeness (QED) is 0.563. The van der Waals surface area contributed by atoms with Gasteiger partial charge in [-0.2, -0.15) is 0 Å². The first-order chi connectivity index (χ1) is 13.7. The first kappa shape index (κ1) is 19.7. The van der Waals surface area contributed by atoms with Crippen LogP contribution >= 0.6 is 0 Å². The van der Waals surface area contributed by atoms with Crippen LogP contribution < -0.4 is 16.1 Å². The van der Waals surface area contributed by atoms with Gasteiger partial charge in [-0.1, -0.05) is 19.8 Å². The molecule has 28 heavy (non-hydrogen) atoms. The lowest BCUT2D eigenvalue weighted by molar-refractivity contribution is -0.00204. The van der Waals surface area contributed by atoms with E-state index in [9.17, 15) is 5.11 Å². The molecule has 0 bridgehead atoms. The van der Waals surface area contributed by atoms with Crippen LogP contribution in [0.2, 0.25) is 0 Å². The maximum absolute atomic E-state index is 9.88. The van der Waals surface area contributed by atoms with Crippen molar-refractivity contribution in [3.8, 4) is 0 Å². The predicted molar refractivity (Wildman–Crippen MR) is 108 cm³/mol. The van der Waals surface area contributed by atoms with Crippen molar-refractivity contribution < 1.29 is 9.84 Å². The number of hydrazine groups is 1. The first-order valence-corrected chi connectivity index (χ1v) is 11.7. The number of aliphatic hydroxyl groups excluding tert-OH is 1. The van der Waals surface area contributed by atoms with Crippen molar-refractivity contribution in [2.75, 3.05) is 26.3 Å². The van der Waals surface area contributed by atoms with Crippen LogP contribution in [0.25, 0.3) is 0 Å². The lowest BCUT2D eigenvalue weighted by atomic mass is 9.78. The standard InChI is InChI=1S/C21H39N5O2/c1-14-3-2-4-15(11-14)16-5-9-26(24-16)21-12-20(22-19(13-27)23-21)25-8-6-18-17(25)7-10-28-18/h14-24,27H,2-13H2,1H3/t14?,15?,16?,17-,18-,19?,20?,21?/m1/s1. The van der Waals surface area contributed by atoms with E-state index in [0.29, 0.717) is 24.4 Å². The van der Waals surface area contributed by atoms with Gasteiger partial charge >= 0.3 is 0 Å². The van der Waals surface area contributed by atoms with Crippen LogP contribution in [-0.4, -0.2) is 78.0 Å². The molecular formula is C21H39N5O2. The number of nitrogens with one attached hydrogen (secondary N) is 3. The average Bonchev–Trinajstić information content (AvgIpc) is 3.44. The molecule has 0 aromatic rings. The van der Waals surface area contributed by atoms with E-state index < -0.39 is 0 Å². The molecule has 7 nitrogen and oxygen atoms in total. The second-order valence-corrected chi connectivity index (χ2v) is 9.88. The number of hydrogen-bond acceptors (Lipinski definition) is 7. The highest BCUT2D eigenvalue weighted by molar-refractivity contribution is 4.98. The molecule has 0 amide bonds. The third kappa shape index (κ3) is 3.87. The monoisotopic (exact) mass is 393 g/mol. The summed E-state index contributed by atoms with van der Waals surface area (Å²) >= 11 is 0. The summed E-state index contributed by atoms with van der Waals surface area (Å²) in [5.74, 6) is 1.71. The van der Waals surface area contributed by atoms with E-state index in [0.717, 1.165) is 50.8 Å². The molecule has 4 aliphatic heterocycles. The minimum atomic E-state index is -0.0410. The van der Waals surface area contributed by atoms with Crippen molar-refractivity contribution >= 4 is 0 Å². The van der Waals surface area contributed by atoms with Gasteiger partial charge in [0, 0.05) is 38.2 Å². The summed E-state index contributed by atoms with van der Waals surface area (Å²) in [5.41, 5.74) is 3.87. The van der Waals surface area contributed by atoms with E-state index in [4.69, 9.17) is 4.74 Å².